The zero-order chi connectivity index (χ0) is 15.1. The number of aromatic nitrogens is 1. The summed E-state index contributed by atoms with van der Waals surface area (Å²) in [7, 11) is 1.66. The van der Waals surface area contributed by atoms with Crippen LogP contribution in [0.25, 0.3) is 0 Å². The van der Waals surface area contributed by atoms with Gasteiger partial charge in [0.25, 0.3) is 11.5 Å². The van der Waals surface area contributed by atoms with Gasteiger partial charge in [0.15, 0.2) is 0 Å². The number of ether oxygens (including phenoxy) is 1. The Bertz CT molecular complexity index is 571. The van der Waals surface area contributed by atoms with Crippen molar-refractivity contribution in [3.63, 3.8) is 0 Å². The minimum Gasteiger partial charge on any atom is -0.366 e. The van der Waals surface area contributed by atoms with Crippen LogP contribution in [0.3, 0.4) is 0 Å². The number of hydrogen-bond acceptors (Lipinski definition) is 3. The van der Waals surface area contributed by atoms with Gasteiger partial charge in [0, 0.05) is 38.0 Å². The molecular formula is C15H22N2O3. The quantitative estimate of drug-likeness (QED) is 0.780. The van der Waals surface area contributed by atoms with E-state index in [4.69, 9.17) is 4.74 Å². The van der Waals surface area contributed by atoms with Gasteiger partial charge in [-0.25, -0.2) is 0 Å². The third-order valence-corrected chi connectivity index (χ3v) is 3.33. The maximum atomic E-state index is 12.6. The van der Waals surface area contributed by atoms with Crippen molar-refractivity contribution < 1.29 is 9.53 Å². The van der Waals surface area contributed by atoms with Crippen LogP contribution in [0.4, 0.5) is 0 Å². The predicted octanol–water partition coefficient (Wildman–Crippen LogP) is 1.41. The molecule has 0 N–H and O–H groups in total. The summed E-state index contributed by atoms with van der Waals surface area (Å²) in [6.07, 6.45) is 1.62. The van der Waals surface area contributed by atoms with E-state index < -0.39 is 11.2 Å². The topological polar surface area (TPSA) is 51.5 Å². The monoisotopic (exact) mass is 278 g/mol. The average molecular weight is 278 g/mol. The van der Waals surface area contributed by atoms with E-state index >= 15 is 0 Å². The highest BCUT2D eigenvalue weighted by molar-refractivity contribution is 5.94. The lowest BCUT2D eigenvalue weighted by Gasteiger charge is -2.47. The SMILES string of the molecule is Cn1ccc(C(=O)N2CC(C)(C)OC(C)(C)C2)cc1=O. The maximum Gasteiger partial charge on any atom is 0.254 e. The number of rotatable bonds is 1. The minimum absolute atomic E-state index is 0.118. The highest BCUT2D eigenvalue weighted by Gasteiger charge is 2.40. The first kappa shape index (κ1) is 14.8. The second-order valence-electron chi connectivity index (χ2n) is 6.65. The van der Waals surface area contributed by atoms with Gasteiger partial charge < -0.3 is 14.2 Å². The molecule has 0 radical (unpaired) electrons. The third-order valence-electron chi connectivity index (χ3n) is 3.33. The number of nitrogens with zero attached hydrogens (tertiary/aromatic N) is 2. The highest BCUT2D eigenvalue weighted by atomic mass is 16.5. The van der Waals surface area contributed by atoms with Crippen LogP contribution >= 0.6 is 0 Å². The van der Waals surface area contributed by atoms with Gasteiger partial charge in [-0.05, 0) is 33.8 Å². The van der Waals surface area contributed by atoms with Crippen LogP contribution in [0.1, 0.15) is 38.1 Å². The van der Waals surface area contributed by atoms with Crippen LogP contribution in [0.15, 0.2) is 23.1 Å². The molecule has 0 aliphatic carbocycles. The third kappa shape index (κ3) is 3.10. The Morgan fingerprint density at radius 3 is 2.25 bits per heavy atom. The molecule has 2 heterocycles. The van der Waals surface area contributed by atoms with Gasteiger partial charge in [-0.3, -0.25) is 9.59 Å². The van der Waals surface area contributed by atoms with Gasteiger partial charge in [0.05, 0.1) is 11.2 Å². The average Bonchev–Trinajstić information content (AvgIpc) is 2.27. The molecule has 5 heteroatoms. The summed E-state index contributed by atoms with van der Waals surface area (Å²) in [5, 5.41) is 0. The van der Waals surface area contributed by atoms with E-state index in [9.17, 15) is 9.59 Å². The van der Waals surface area contributed by atoms with Crippen molar-refractivity contribution in [1.29, 1.82) is 0 Å². The molecule has 1 amide bonds. The molecule has 20 heavy (non-hydrogen) atoms. The molecule has 0 atom stereocenters. The zero-order valence-electron chi connectivity index (χ0n) is 12.8. The van der Waals surface area contributed by atoms with Gasteiger partial charge >= 0.3 is 0 Å². The molecular weight excluding hydrogens is 256 g/mol. The van der Waals surface area contributed by atoms with E-state index in [1.807, 2.05) is 27.7 Å². The van der Waals surface area contributed by atoms with Crippen LogP contribution in [-0.2, 0) is 11.8 Å². The second kappa shape index (κ2) is 4.74. The van der Waals surface area contributed by atoms with E-state index in [1.165, 1.54) is 10.6 Å². The summed E-state index contributed by atoms with van der Waals surface area (Å²) in [6, 6.07) is 3.07. The summed E-state index contributed by atoms with van der Waals surface area (Å²) in [5.74, 6) is -0.118. The first-order chi connectivity index (χ1) is 9.10. The molecule has 0 bridgehead atoms. The normalized spacial score (nSPS) is 20.8. The highest BCUT2D eigenvalue weighted by Crippen LogP contribution is 2.28. The Labute approximate surface area is 119 Å². The van der Waals surface area contributed by atoms with E-state index in [-0.39, 0.29) is 11.5 Å². The summed E-state index contributed by atoms with van der Waals surface area (Å²) < 4.78 is 7.41. The van der Waals surface area contributed by atoms with Crippen LogP contribution in [0, 0.1) is 0 Å². The minimum atomic E-state index is -0.392. The van der Waals surface area contributed by atoms with Crippen LogP contribution in [0.2, 0.25) is 0 Å². The van der Waals surface area contributed by atoms with Crippen molar-refractivity contribution in [3.05, 3.63) is 34.2 Å². The molecule has 2 rings (SSSR count). The predicted molar refractivity (Wildman–Crippen MR) is 76.8 cm³/mol. The lowest BCUT2D eigenvalue weighted by atomic mass is 9.98. The lowest BCUT2D eigenvalue weighted by molar-refractivity contribution is -0.171. The lowest BCUT2D eigenvalue weighted by Crippen LogP contribution is -2.58. The number of morpholine rings is 1. The van der Waals surface area contributed by atoms with Crippen molar-refractivity contribution in [2.45, 2.75) is 38.9 Å². The van der Waals surface area contributed by atoms with E-state index in [1.54, 1.807) is 24.2 Å². The van der Waals surface area contributed by atoms with E-state index in [2.05, 4.69) is 0 Å². The van der Waals surface area contributed by atoms with Gasteiger partial charge in [-0.15, -0.1) is 0 Å². The van der Waals surface area contributed by atoms with Gasteiger partial charge in [0.1, 0.15) is 0 Å². The smallest absolute Gasteiger partial charge is 0.254 e. The molecule has 0 unspecified atom stereocenters. The molecule has 1 aliphatic heterocycles. The summed E-state index contributed by atoms with van der Waals surface area (Å²) in [4.78, 5) is 26.0. The zero-order valence-corrected chi connectivity index (χ0v) is 12.8. The maximum absolute atomic E-state index is 12.6. The van der Waals surface area contributed by atoms with Crippen molar-refractivity contribution in [3.8, 4) is 0 Å². The van der Waals surface area contributed by atoms with Gasteiger partial charge in [-0.1, -0.05) is 0 Å². The summed E-state index contributed by atoms with van der Waals surface area (Å²) in [6.45, 7) is 8.92. The first-order valence-corrected chi connectivity index (χ1v) is 6.76. The van der Waals surface area contributed by atoms with Crippen LogP contribution < -0.4 is 5.56 Å². The van der Waals surface area contributed by atoms with Crippen LogP contribution in [0.5, 0.6) is 0 Å². The number of hydrogen-bond donors (Lipinski definition) is 0. The second-order valence-corrected chi connectivity index (χ2v) is 6.65. The van der Waals surface area contributed by atoms with Crippen molar-refractivity contribution in [1.82, 2.24) is 9.47 Å². The fraction of sp³-hybridized carbons (Fsp3) is 0.600. The number of aryl methyl sites for hydroxylation is 1. The number of carbonyl (C=O) groups is 1. The van der Waals surface area contributed by atoms with Gasteiger partial charge in [0.2, 0.25) is 0 Å². The summed E-state index contributed by atoms with van der Waals surface area (Å²) in [5.41, 5.74) is -0.530. The molecule has 1 aliphatic rings. The van der Waals surface area contributed by atoms with Crippen LogP contribution in [-0.4, -0.2) is 39.7 Å². The molecule has 5 nitrogen and oxygen atoms in total. The van der Waals surface area contributed by atoms with Crippen molar-refractivity contribution in [2.24, 2.45) is 7.05 Å². The number of amides is 1. The van der Waals surface area contributed by atoms with E-state index in [0.29, 0.717) is 18.7 Å². The molecule has 0 spiro atoms. The van der Waals surface area contributed by atoms with Gasteiger partial charge in [-0.2, -0.15) is 0 Å². The Hall–Kier alpha value is -1.62. The molecule has 1 saturated heterocycles. The molecule has 0 aromatic carbocycles. The number of pyridine rings is 1. The fourth-order valence-electron chi connectivity index (χ4n) is 2.80. The molecule has 0 saturated carbocycles. The van der Waals surface area contributed by atoms with Crippen molar-refractivity contribution in [2.75, 3.05) is 13.1 Å². The Morgan fingerprint density at radius 1 is 1.20 bits per heavy atom. The number of carbonyl (C=O) groups excluding carboxylic acids is 1. The Morgan fingerprint density at radius 2 is 1.75 bits per heavy atom. The fourth-order valence-corrected chi connectivity index (χ4v) is 2.80. The van der Waals surface area contributed by atoms with Crippen molar-refractivity contribution >= 4 is 5.91 Å². The largest absolute Gasteiger partial charge is 0.366 e. The standard InChI is InChI=1S/C15H22N2O3/c1-14(2)9-17(10-15(3,4)20-14)13(19)11-6-7-16(5)12(18)8-11/h6-8H,9-10H2,1-5H3. The molecule has 110 valence electrons. The Balaban J connectivity index is 2.28. The summed E-state index contributed by atoms with van der Waals surface area (Å²) >= 11 is 0. The molecule has 1 fully saturated rings. The Kier molecular flexibility index (Phi) is 3.50. The molecule has 1 aromatic heterocycles. The first-order valence-electron chi connectivity index (χ1n) is 6.76. The molecule has 1 aromatic rings. The van der Waals surface area contributed by atoms with E-state index in [0.717, 1.165) is 0 Å².